The Hall–Kier alpha value is -2.28. The van der Waals surface area contributed by atoms with Crippen LogP contribution in [0.1, 0.15) is 5.56 Å². The lowest BCUT2D eigenvalue weighted by Gasteiger charge is -2.08. The number of carbonyl (C=O) groups excluding carboxylic acids is 2. The fourth-order valence-corrected chi connectivity index (χ4v) is 1.64. The molecule has 0 saturated heterocycles. The lowest BCUT2D eigenvalue weighted by Crippen LogP contribution is -2.39. The quantitative estimate of drug-likeness (QED) is 0.640. The largest absolute Gasteiger partial charge is 0.454 e. The summed E-state index contributed by atoms with van der Waals surface area (Å²) in [5.74, 6) is 0.655. The lowest BCUT2D eigenvalue weighted by atomic mass is 10.2. The molecule has 2 amide bonds. The van der Waals surface area contributed by atoms with E-state index in [4.69, 9.17) is 15.2 Å². The molecule has 1 aromatic carbocycles. The fraction of sp³-hybridized carbons (Fsp3) is 0.333. The van der Waals surface area contributed by atoms with Crippen molar-refractivity contribution in [2.45, 2.75) is 6.54 Å². The maximum atomic E-state index is 11.5. The SMILES string of the molecule is NCC(=O)NCC(=O)NCc1cccc2c1OCO2. The minimum absolute atomic E-state index is 0.0948. The van der Waals surface area contributed by atoms with Gasteiger partial charge in [-0.3, -0.25) is 9.59 Å². The summed E-state index contributed by atoms with van der Waals surface area (Å²) >= 11 is 0. The van der Waals surface area contributed by atoms with Crippen LogP contribution in [0.25, 0.3) is 0 Å². The van der Waals surface area contributed by atoms with Crippen LogP contribution in [0.3, 0.4) is 0 Å². The van der Waals surface area contributed by atoms with Crippen molar-refractivity contribution in [3.63, 3.8) is 0 Å². The van der Waals surface area contributed by atoms with Crippen LogP contribution < -0.4 is 25.8 Å². The molecular weight excluding hydrogens is 250 g/mol. The number of nitrogens with one attached hydrogen (secondary N) is 2. The zero-order valence-corrected chi connectivity index (χ0v) is 10.3. The molecule has 1 aliphatic heterocycles. The van der Waals surface area contributed by atoms with Crippen LogP contribution in [0.15, 0.2) is 18.2 Å². The first-order valence-corrected chi connectivity index (χ1v) is 5.81. The third-order valence-electron chi connectivity index (χ3n) is 2.59. The second kappa shape index (κ2) is 6.05. The highest BCUT2D eigenvalue weighted by atomic mass is 16.7. The zero-order valence-electron chi connectivity index (χ0n) is 10.3. The number of nitrogens with two attached hydrogens (primary N) is 1. The van der Waals surface area contributed by atoms with Gasteiger partial charge in [-0.15, -0.1) is 0 Å². The van der Waals surface area contributed by atoms with E-state index < -0.39 is 0 Å². The van der Waals surface area contributed by atoms with Gasteiger partial charge in [-0.05, 0) is 6.07 Å². The van der Waals surface area contributed by atoms with E-state index in [1.807, 2.05) is 12.1 Å². The van der Waals surface area contributed by atoms with Gasteiger partial charge in [0.25, 0.3) is 0 Å². The Kier molecular flexibility index (Phi) is 4.19. The van der Waals surface area contributed by atoms with Crippen LogP contribution in [0.5, 0.6) is 11.5 Å². The summed E-state index contributed by atoms with van der Waals surface area (Å²) in [6, 6.07) is 5.46. The molecule has 19 heavy (non-hydrogen) atoms. The van der Waals surface area contributed by atoms with Crippen LogP contribution in [-0.4, -0.2) is 31.7 Å². The smallest absolute Gasteiger partial charge is 0.239 e. The van der Waals surface area contributed by atoms with E-state index in [-0.39, 0.29) is 31.7 Å². The summed E-state index contributed by atoms with van der Waals surface area (Å²) in [5.41, 5.74) is 5.94. The number of amides is 2. The number of para-hydroxylation sites is 1. The number of benzene rings is 1. The van der Waals surface area contributed by atoms with Gasteiger partial charge in [-0.2, -0.15) is 0 Å². The summed E-state index contributed by atoms with van der Waals surface area (Å²) in [4.78, 5) is 22.4. The van der Waals surface area contributed by atoms with Crippen LogP contribution in [0, 0.1) is 0 Å². The maximum Gasteiger partial charge on any atom is 0.239 e. The molecule has 102 valence electrons. The number of fused-ring (bicyclic) bond motifs is 1. The van der Waals surface area contributed by atoms with Crippen LogP contribution in [-0.2, 0) is 16.1 Å². The summed E-state index contributed by atoms with van der Waals surface area (Å²) in [5, 5.41) is 5.07. The van der Waals surface area contributed by atoms with E-state index in [1.54, 1.807) is 6.07 Å². The standard InChI is InChI=1S/C12H15N3O4/c13-4-10(16)15-6-11(17)14-5-8-2-1-3-9-12(8)19-7-18-9/h1-3H,4-7,13H2,(H,14,17)(H,15,16). The summed E-state index contributed by atoms with van der Waals surface area (Å²) in [6.07, 6.45) is 0. The predicted molar refractivity (Wildman–Crippen MR) is 66.5 cm³/mol. The minimum atomic E-state index is -0.368. The summed E-state index contributed by atoms with van der Waals surface area (Å²) in [7, 11) is 0. The molecule has 0 aromatic heterocycles. The molecule has 4 N–H and O–H groups in total. The topological polar surface area (TPSA) is 103 Å². The van der Waals surface area contributed by atoms with Gasteiger partial charge >= 0.3 is 0 Å². The minimum Gasteiger partial charge on any atom is -0.454 e. The van der Waals surface area contributed by atoms with Gasteiger partial charge in [0.1, 0.15) is 0 Å². The van der Waals surface area contributed by atoms with Crippen molar-refractivity contribution in [2.75, 3.05) is 19.9 Å². The molecule has 0 bridgehead atoms. The monoisotopic (exact) mass is 265 g/mol. The van der Waals surface area contributed by atoms with E-state index in [0.29, 0.717) is 18.0 Å². The van der Waals surface area contributed by atoms with E-state index >= 15 is 0 Å². The van der Waals surface area contributed by atoms with Crippen molar-refractivity contribution in [3.05, 3.63) is 23.8 Å². The van der Waals surface area contributed by atoms with Crippen molar-refractivity contribution in [1.29, 1.82) is 0 Å². The Bertz CT molecular complexity index is 490. The zero-order chi connectivity index (χ0) is 13.7. The Balaban J connectivity index is 1.84. The van der Waals surface area contributed by atoms with E-state index in [0.717, 1.165) is 5.56 Å². The van der Waals surface area contributed by atoms with Crippen molar-refractivity contribution in [3.8, 4) is 11.5 Å². The van der Waals surface area contributed by atoms with Gasteiger partial charge in [0.2, 0.25) is 18.6 Å². The molecule has 0 radical (unpaired) electrons. The molecule has 0 aliphatic carbocycles. The number of hydrogen-bond acceptors (Lipinski definition) is 5. The lowest BCUT2D eigenvalue weighted by molar-refractivity contribution is -0.125. The Morgan fingerprint density at radius 1 is 1.21 bits per heavy atom. The molecular formula is C12H15N3O4. The van der Waals surface area contributed by atoms with Crippen LogP contribution >= 0.6 is 0 Å². The highest BCUT2D eigenvalue weighted by Crippen LogP contribution is 2.35. The normalized spacial score (nSPS) is 12.1. The Morgan fingerprint density at radius 2 is 2.05 bits per heavy atom. The maximum absolute atomic E-state index is 11.5. The van der Waals surface area contributed by atoms with Gasteiger partial charge in [0, 0.05) is 12.1 Å². The molecule has 1 aliphatic rings. The average Bonchev–Trinajstić information content (AvgIpc) is 2.91. The number of rotatable bonds is 5. The molecule has 7 heteroatoms. The number of carbonyl (C=O) groups is 2. The van der Waals surface area contributed by atoms with Gasteiger partial charge in [0.05, 0.1) is 13.1 Å². The average molecular weight is 265 g/mol. The first-order valence-electron chi connectivity index (χ1n) is 5.81. The second-order valence-electron chi connectivity index (χ2n) is 3.91. The Morgan fingerprint density at radius 3 is 2.84 bits per heavy atom. The van der Waals surface area contributed by atoms with Crippen LogP contribution in [0.4, 0.5) is 0 Å². The van der Waals surface area contributed by atoms with E-state index in [1.165, 1.54) is 0 Å². The predicted octanol–water partition coefficient (Wildman–Crippen LogP) is -0.894. The van der Waals surface area contributed by atoms with Gasteiger partial charge in [0.15, 0.2) is 11.5 Å². The third-order valence-corrected chi connectivity index (χ3v) is 2.59. The molecule has 0 unspecified atom stereocenters. The fourth-order valence-electron chi connectivity index (χ4n) is 1.64. The second-order valence-corrected chi connectivity index (χ2v) is 3.91. The molecule has 0 atom stereocenters. The van der Waals surface area contributed by atoms with Crippen molar-refractivity contribution in [1.82, 2.24) is 10.6 Å². The van der Waals surface area contributed by atoms with Crippen molar-refractivity contribution in [2.24, 2.45) is 5.73 Å². The molecule has 0 fully saturated rings. The first-order chi connectivity index (χ1) is 9.20. The highest BCUT2D eigenvalue weighted by molar-refractivity contribution is 5.85. The molecule has 7 nitrogen and oxygen atoms in total. The van der Waals surface area contributed by atoms with E-state index in [9.17, 15) is 9.59 Å². The molecule has 2 rings (SSSR count). The van der Waals surface area contributed by atoms with Crippen LogP contribution in [0.2, 0.25) is 0 Å². The molecule has 0 spiro atoms. The van der Waals surface area contributed by atoms with Crippen molar-refractivity contribution < 1.29 is 19.1 Å². The third kappa shape index (κ3) is 3.35. The summed E-state index contributed by atoms with van der Waals surface area (Å²) in [6.45, 7) is 0.268. The number of ether oxygens (including phenoxy) is 2. The first kappa shape index (κ1) is 13.2. The van der Waals surface area contributed by atoms with Gasteiger partial charge in [-0.1, -0.05) is 12.1 Å². The highest BCUT2D eigenvalue weighted by Gasteiger charge is 2.17. The van der Waals surface area contributed by atoms with Gasteiger partial charge in [-0.25, -0.2) is 0 Å². The van der Waals surface area contributed by atoms with Crippen molar-refractivity contribution >= 4 is 11.8 Å². The molecule has 0 saturated carbocycles. The number of hydrogen-bond donors (Lipinski definition) is 3. The molecule has 1 aromatic rings. The molecule has 1 heterocycles. The van der Waals surface area contributed by atoms with E-state index in [2.05, 4.69) is 10.6 Å². The Labute approximate surface area is 110 Å². The van der Waals surface area contributed by atoms with Gasteiger partial charge < -0.3 is 25.8 Å². The summed E-state index contributed by atoms with van der Waals surface area (Å²) < 4.78 is 10.6.